The van der Waals surface area contributed by atoms with E-state index < -0.39 is 26.3 Å². The Balaban J connectivity index is 3.14. The molecule has 0 spiro atoms. The van der Waals surface area contributed by atoms with Crippen molar-refractivity contribution in [3.8, 4) is 0 Å². The summed E-state index contributed by atoms with van der Waals surface area (Å²) in [7, 11) is -10.2. The van der Waals surface area contributed by atoms with E-state index in [9.17, 15) is 13.9 Å². The van der Waals surface area contributed by atoms with E-state index in [1.165, 1.54) is 12.3 Å². The van der Waals surface area contributed by atoms with Gasteiger partial charge >= 0.3 is 15.2 Å². The molecule has 1 heterocycles. The highest BCUT2D eigenvalue weighted by Gasteiger charge is 2.43. The molecule has 96 valence electrons. The molecule has 0 radical (unpaired) electrons. The SMILES string of the molecule is O=c1[nH]cccc1NC(P(=O)(O)O)P(=O)(O)O. The average Bonchev–Trinajstić information content (AvgIpc) is 2.12. The van der Waals surface area contributed by atoms with Crippen LogP contribution < -0.4 is 10.9 Å². The molecule has 6 N–H and O–H groups in total. The van der Waals surface area contributed by atoms with Crippen molar-refractivity contribution >= 4 is 20.9 Å². The minimum absolute atomic E-state index is 0.343. The fourth-order valence-corrected chi connectivity index (χ4v) is 3.22. The molecule has 0 atom stereocenters. The van der Waals surface area contributed by atoms with Crippen LogP contribution in [0, 0.1) is 0 Å². The number of H-pyrrole nitrogens is 1. The van der Waals surface area contributed by atoms with E-state index in [1.54, 1.807) is 0 Å². The van der Waals surface area contributed by atoms with Gasteiger partial charge in [-0.2, -0.15) is 0 Å². The Bertz CT molecular complexity index is 521. The van der Waals surface area contributed by atoms with Crippen molar-refractivity contribution < 1.29 is 28.7 Å². The van der Waals surface area contributed by atoms with Gasteiger partial charge in [0.15, 0.2) is 0 Å². The Morgan fingerprint density at radius 2 is 1.71 bits per heavy atom. The van der Waals surface area contributed by atoms with Crippen LogP contribution in [0.2, 0.25) is 0 Å². The zero-order valence-electron chi connectivity index (χ0n) is 8.22. The number of hydrogen-bond donors (Lipinski definition) is 6. The highest BCUT2D eigenvalue weighted by Crippen LogP contribution is 2.59. The second-order valence-corrected chi connectivity index (χ2v) is 6.91. The average molecular weight is 284 g/mol. The molecule has 0 aliphatic rings. The van der Waals surface area contributed by atoms with Gasteiger partial charge < -0.3 is 29.9 Å². The monoisotopic (exact) mass is 284 g/mol. The number of aromatic amines is 1. The lowest BCUT2D eigenvalue weighted by Gasteiger charge is -2.20. The van der Waals surface area contributed by atoms with E-state index in [1.807, 2.05) is 5.32 Å². The summed E-state index contributed by atoms with van der Waals surface area (Å²) in [5.41, 5.74) is -3.54. The highest BCUT2D eigenvalue weighted by atomic mass is 31.2. The summed E-state index contributed by atoms with van der Waals surface area (Å²) in [5.74, 6) is 0. The number of rotatable bonds is 4. The van der Waals surface area contributed by atoms with E-state index >= 15 is 0 Å². The van der Waals surface area contributed by atoms with E-state index in [2.05, 4.69) is 4.98 Å². The number of hydrogen-bond acceptors (Lipinski definition) is 4. The van der Waals surface area contributed by atoms with Crippen LogP contribution in [0.4, 0.5) is 5.69 Å². The standard InChI is InChI=1S/C6H10N2O7P2/c9-5-4(2-1-3-7-5)8-6(16(10,11)12)17(13,14)15/h1-3,6,8H,(H,7,9)(H2,10,11,12)(H2,13,14,15). The smallest absolute Gasteiger partial charge is 0.357 e. The first-order chi connectivity index (χ1) is 7.62. The number of aromatic nitrogens is 1. The van der Waals surface area contributed by atoms with Crippen molar-refractivity contribution in [2.75, 3.05) is 5.32 Å². The molecule has 0 saturated heterocycles. The summed E-state index contributed by atoms with van der Waals surface area (Å²) < 4.78 is 21.8. The van der Waals surface area contributed by atoms with Gasteiger partial charge in [-0.25, -0.2) is 0 Å². The third-order valence-corrected chi connectivity index (χ3v) is 5.08. The van der Waals surface area contributed by atoms with Crippen LogP contribution in [0.3, 0.4) is 0 Å². The van der Waals surface area contributed by atoms with Crippen LogP contribution in [0.5, 0.6) is 0 Å². The predicted molar refractivity (Wildman–Crippen MR) is 58.6 cm³/mol. The van der Waals surface area contributed by atoms with Crippen LogP contribution in [-0.2, 0) is 9.13 Å². The molecule has 0 fully saturated rings. The second-order valence-electron chi connectivity index (χ2n) is 3.11. The third-order valence-electron chi connectivity index (χ3n) is 1.74. The summed E-state index contributed by atoms with van der Waals surface area (Å²) in [6, 6.07) is 2.47. The van der Waals surface area contributed by atoms with Gasteiger partial charge in [0.1, 0.15) is 5.69 Å². The van der Waals surface area contributed by atoms with E-state index in [0.717, 1.165) is 6.07 Å². The molecule has 1 aromatic heterocycles. The number of nitrogens with one attached hydrogen (secondary N) is 2. The zero-order valence-corrected chi connectivity index (χ0v) is 10.0. The topological polar surface area (TPSA) is 160 Å². The van der Waals surface area contributed by atoms with Crippen molar-refractivity contribution in [3.63, 3.8) is 0 Å². The van der Waals surface area contributed by atoms with E-state index in [0.29, 0.717) is 0 Å². The quantitative estimate of drug-likeness (QED) is 0.400. The van der Waals surface area contributed by atoms with E-state index in [4.69, 9.17) is 19.6 Å². The summed E-state index contributed by atoms with van der Waals surface area (Å²) in [5, 5.41) is 1.86. The Morgan fingerprint density at radius 1 is 1.18 bits per heavy atom. The van der Waals surface area contributed by atoms with Crippen molar-refractivity contribution in [1.29, 1.82) is 0 Å². The van der Waals surface area contributed by atoms with Gasteiger partial charge in [-0.3, -0.25) is 13.9 Å². The van der Waals surface area contributed by atoms with Crippen LogP contribution in [0.1, 0.15) is 0 Å². The molecule has 0 aliphatic heterocycles. The van der Waals surface area contributed by atoms with Crippen molar-refractivity contribution in [3.05, 3.63) is 28.7 Å². The van der Waals surface area contributed by atoms with Crippen LogP contribution in [0.25, 0.3) is 0 Å². The number of pyridine rings is 1. The fraction of sp³-hybridized carbons (Fsp3) is 0.167. The molecular formula is C6H10N2O7P2. The largest absolute Gasteiger partial charge is 0.360 e. The molecular weight excluding hydrogens is 274 g/mol. The molecule has 0 bridgehead atoms. The molecule has 0 aliphatic carbocycles. The van der Waals surface area contributed by atoms with Crippen molar-refractivity contribution in [2.45, 2.75) is 5.52 Å². The lowest BCUT2D eigenvalue weighted by atomic mass is 10.4. The van der Waals surface area contributed by atoms with Gasteiger partial charge in [0.05, 0.1) is 0 Å². The molecule has 0 aromatic carbocycles. The minimum Gasteiger partial charge on any atom is -0.357 e. The molecule has 1 aromatic rings. The van der Waals surface area contributed by atoms with Gasteiger partial charge in [-0.15, -0.1) is 0 Å². The molecule has 11 heteroatoms. The summed E-state index contributed by atoms with van der Waals surface area (Å²) >= 11 is 0. The van der Waals surface area contributed by atoms with Gasteiger partial charge in [-0.1, -0.05) is 0 Å². The van der Waals surface area contributed by atoms with Gasteiger partial charge in [0.2, 0.25) is 5.52 Å². The van der Waals surface area contributed by atoms with Crippen LogP contribution >= 0.6 is 15.2 Å². The summed E-state index contributed by atoms with van der Waals surface area (Å²) in [4.78, 5) is 48.6. The Labute approximate surface area is 94.8 Å². The Morgan fingerprint density at radius 3 is 2.12 bits per heavy atom. The lowest BCUT2D eigenvalue weighted by molar-refractivity contribution is 0.343. The molecule has 1 rings (SSSR count). The zero-order chi connectivity index (χ0) is 13.3. The maximum Gasteiger partial charge on any atom is 0.360 e. The summed E-state index contributed by atoms with van der Waals surface area (Å²) in [6.45, 7) is 0. The first kappa shape index (κ1) is 14.1. The fourth-order valence-electron chi connectivity index (χ4n) is 1.04. The van der Waals surface area contributed by atoms with Crippen LogP contribution in [-0.4, -0.2) is 30.1 Å². The summed E-state index contributed by atoms with van der Waals surface area (Å²) in [6.07, 6.45) is 1.26. The maximum absolute atomic E-state index is 11.2. The predicted octanol–water partition coefficient (Wildman–Crippen LogP) is -0.574. The first-order valence-corrected chi connectivity index (χ1v) is 7.53. The van der Waals surface area contributed by atoms with Crippen molar-refractivity contribution in [2.24, 2.45) is 0 Å². The minimum atomic E-state index is -5.11. The normalized spacial score (nSPS) is 12.8. The van der Waals surface area contributed by atoms with Crippen molar-refractivity contribution in [1.82, 2.24) is 4.98 Å². The van der Waals surface area contributed by atoms with Gasteiger partial charge in [-0.05, 0) is 12.1 Å². The van der Waals surface area contributed by atoms with Crippen LogP contribution in [0.15, 0.2) is 23.1 Å². The maximum atomic E-state index is 11.2. The highest BCUT2D eigenvalue weighted by molar-refractivity contribution is 7.71. The molecule has 0 unspecified atom stereocenters. The third kappa shape index (κ3) is 3.78. The van der Waals surface area contributed by atoms with E-state index in [-0.39, 0.29) is 5.69 Å². The molecule has 0 saturated carbocycles. The lowest BCUT2D eigenvalue weighted by Crippen LogP contribution is -2.24. The molecule has 0 amide bonds. The molecule has 17 heavy (non-hydrogen) atoms. The second kappa shape index (κ2) is 4.73. The first-order valence-electron chi connectivity index (χ1n) is 4.17. The molecule has 9 nitrogen and oxygen atoms in total. The van der Waals surface area contributed by atoms with Gasteiger partial charge in [0.25, 0.3) is 5.56 Å². The number of anilines is 1. The Kier molecular flexibility index (Phi) is 3.93. The Hall–Kier alpha value is -0.950. The van der Waals surface area contributed by atoms with Gasteiger partial charge in [0, 0.05) is 6.20 Å².